The van der Waals surface area contributed by atoms with Crippen molar-refractivity contribution in [3.8, 4) is 0 Å². The number of halogens is 3. The van der Waals surface area contributed by atoms with E-state index < -0.39 is 45.6 Å². The van der Waals surface area contributed by atoms with Crippen molar-refractivity contribution < 1.29 is 26.4 Å². The fraction of sp³-hybridized carbons (Fsp3) is 0.316. The Balaban J connectivity index is 2.21. The smallest absolute Gasteiger partial charge is 0.243 e. The number of nitrogens with one attached hydrogen (secondary N) is 1. The summed E-state index contributed by atoms with van der Waals surface area (Å²) in [5, 5.41) is 2.08. The Bertz CT molecular complexity index is 948. The van der Waals surface area contributed by atoms with Gasteiger partial charge in [-0.15, -0.1) is 0 Å². The highest BCUT2D eigenvalue weighted by Crippen LogP contribution is 2.21. The van der Waals surface area contributed by atoms with Crippen LogP contribution in [0.4, 0.5) is 18.9 Å². The molecule has 0 aliphatic heterocycles. The first-order valence-electron chi connectivity index (χ1n) is 8.73. The second kappa shape index (κ2) is 9.20. The number of amides is 1. The Morgan fingerprint density at radius 1 is 1.00 bits per heavy atom. The van der Waals surface area contributed by atoms with Gasteiger partial charge >= 0.3 is 0 Å². The maximum atomic E-state index is 13.7. The number of benzene rings is 2. The zero-order valence-electron chi connectivity index (χ0n) is 15.5. The third-order valence-corrected chi connectivity index (χ3v) is 5.93. The van der Waals surface area contributed by atoms with Crippen LogP contribution in [-0.2, 0) is 21.2 Å². The third-order valence-electron chi connectivity index (χ3n) is 4.07. The van der Waals surface area contributed by atoms with Gasteiger partial charge in [-0.25, -0.2) is 21.6 Å². The Labute approximate surface area is 162 Å². The van der Waals surface area contributed by atoms with Crippen molar-refractivity contribution in [2.45, 2.75) is 31.6 Å². The van der Waals surface area contributed by atoms with Gasteiger partial charge in [0.1, 0.15) is 0 Å². The Morgan fingerprint density at radius 3 is 2.21 bits per heavy atom. The Morgan fingerprint density at radius 2 is 1.64 bits per heavy atom. The maximum absolute atomic E-state index is 13.7. The summed E-state index contributed by atoms with van der Waals surface area (Å²) in [7, 11) is -3.96. The normalized spacial score (nSPS) is 11.6. The lowest BCUT2D eigenvalue weighted by Crippen LogP contribution is -2.38. The van der Waals surface area contributed by atoms with Crippen molar-refractivity contribution in [1.29, 1.82) is 0 Å². The van der Waals surface area contributed by atoms with Gasteiger partial charge in [-0.2, -0.15) is 4.31 Å². The topological polar surface area (TPSA) is 66.5 Å². The lowest BCUT2D eigenvalue weighted by molar-refractivity contribution is -0.116. The summed E-state index contributed by atoms with van der Waals surface area (Å²) in [5.41, 5.74) is 0.401. The average Bonchev–Trinajstić information content (AvgIpc) is 2.68. The molecule has 0 bridgehead atoms. The molecule has 28 heavy (non-hydrogen) atoms. The van der Waals surface area contributed by atoms with Crippen LogP contribution >= 0.6 is 0 Å². The maximum Gasteiger partial charge on any atom is 0.243 e. The average molecular weight is 414 g/mol. The van der Waals surface area contributed by atoms with Gasteiger partial charge in [0.25, 0.3) is 0 Å². The molecule has 9 heteroatoms. The largest absolute Gasteiger partial charge is 0.322 e. The monoisotopic (exact) mass is 414 g/mol. The van der Waals surface area contributed by atoms with Gasteiger partial charge < -0.3 is 5.32 Å². The number of carbonyl (C=O) groups excluding carboxylic acids is 1. The van der Waals surface area contributed by atoms with Crippen LogP contribution in [-0.4, -0.2) is 31.7 Å². The van der Waals surface area contributed by atoms with E-state index in [1.807, 2.05) is 6.92 Å². The quantitative estimate of drug-likeness (QED) is 0.670. The molecule has 152 valence electrons. The van der Waals surface area contributed by atoms with Crippen LogP contribution in [0.15, 0.2) is 41.3 Å². The molecule has 0 saturated carbocycles. The zero-order valence-corrected chi connectivity index (χ0v) is 16.3. The summed E-state index contributed by atoms with van der Waals surface area (Å²) < 4.78 is 66.6. The Hall–Kier alpha value is -2.39. The minimum atomic E-state index is -3.96. The van der Waals surface area contributed by atoms with Crippen molar-refractivity contribution in [3.63, 3.8) is 0 Å². The zero-order chi connectivity index (χ0) is 20.9. The fourth-order valence-electron chi connectivity index (χ4n) is 2.55. The van der Waals surface area contributed by atoms with Gasteiger partial charge in [-0.05, 0) is 42.7 Å². The molecule has 1 amide bonds. The molecular weight excluding hydrogens is 393 g/mol. The minimum Gasteiger partial charge on any atom is -0.322 e. The first kappa shape index (κ1) is 21.9. The van der Waals surface area contributed by atoms with Crippen LogP contribution in [0.3, 0.4) is 0 Å². The molecule has 0 aliphatic carbocycles. The first-order chi connectivity index (χ1) is 13.2. The molecule has 0 radical (unpaired) electrons. The highest BCUT2D eigenvalue weighted by Gasteiger charge is 2.26. The molecule has 0 saturated heterocycles. The molecule has 2 aromatic rings. The summed E-state index contributed by atoms with van der Waals surface area (Å²) in [6, 6.07) is 7.84. The van der Waals surface area contributed by atoms with Crippen molar-refractivity contribution in [2.24, 2.45) is 0 Å². The molecule has 0 atom stereocenters. The van der Waals surface area contributed by atoms with Gasteiger partial charge in [0.05, 0.1) is 17.1 Å². The van der Waals surface area contributed by atoms with Crippen LogP contribution in [0, 0.1) is 17.5 Å². The molecule has 0 spiro atoms. The lowest BCUT2D eigenvalue weighted by atomic mass is 10.2. The third kappa shape index (κ3) is 4.90. The van der Waals surface area contributed by atoms with E-state index in [9.17, 15) is 26.4 Å². The number of aryl methyl sites for hydroxylation is 1. The summed E-state index contributed by atoms with van der Waals surface area (Å²) in [6.07, 6.45) is 1.19. The van der Waals surface area contributed by atoms with E-state index in [2.05, 4.69) is 5.32 Å². The minimum absolute atomic E-state index is 0.0324. The number of hydrogen-bond donors (Lipinski definition) is 1. The van der Waals surface area contributed by atoms with Gasteiger partial charge in [0.2, 0.25) is 15.9 Å². The van der Waals surface area contributed by atoms with Crippen LogP contribution in [0.1, 0.15) is 25.8 Å². The van der Waals surface area contributed by atoms with Crippen molar-refractivity contribution in [1.82, 2.24) is 4.31 Å². The van der Waals surface area contributed by atoms with Crippen LogP contribution in [0.5, 0.6) is 0 Å². The number of nitrogens with zero attached hydrogens (tertiary/aromatic N) is 1. The van der Waals surface area contributed by atoms with Crippen molar-refractivity contribution >= 4 is 21.6 Å². The summed E-state index contributed by atoms with van der Waals surface area (Å²) >= 11 is 0. The molecule has 0 fully saturated rings. The molecule has 1 N–H and O–H groups in total. The Kier molecular flexibility index (Phi) is 7.20. The SMILES string of the molecule is CCCN(CC(=O)Nc1ccc(F)c(F)c1F)S(=O)(=O)c1ccc(CC)cc1. The van der Waals surface area contributed by atoms with Crippen LogP contribution in [0.25, 0.3) is 0 Å². The van der Waals surface area contributed by atoms with Gasteiger partial charge in [-0.3, -0.25) is 4.79 Å². The highest BCUT2D eigenvalue weighted by atomic mass is 32.2. The predicted octanol–water partition coefficient (Wildman–Crippen LogP) is 3.71. The van der Waals surface area contributed by atoms with E-state index in [-0.39, 0.29) is 11.4 Å². The fourth-order valence-corrected chi connectivity index (χ4v) is 4.04. The van der Waals surface area contributed by atoms with E-state index in [0.717, 1.165) is 22.4 Å². The van der Waals surface area contributed by atoms with Gasteiger partial charge in [0.15, 0.2) is 17.5 Å². The predicted molar refractivity (Wildman–Crippen MR) is 99.8 cm³/mol. The van der Waals surface area contributed by atoms with E-state index in [4.69, 9.17) is 0 Å². The number of sulfonamides is 1. The van der Waals surface area contributed by atoms with Gasteiger partial charge in [-0.1, -0.05) is 26.0 Å². The van der Waals surface area contributed by atoms with Crippen molar-refractivity contribution in [3.05, 3.63) is 59.4 Å². The summed E-state index contributed by atoms with van der Waals surface area (Å²) in [4.78, 5) is 12.3. The standard InChI is InChI=1S/C19H21F3N2O3S/c1-3-11-24(28(26,27)14-7-5-13(4-2)6-8-14)12-17(25)23-16-10-9-15(20)18(21)19(16)22/h5-10H,3-4,11-12H2,1-2H3,(H,23,25). The first-order valence-corrected chi connectivity index (χ1v) is 10.2. The van der Waals surface area contributed by atoms with Gasteiger partial charge in [0, 0.05) is 6.54 Å². The number of anilines is 1. The lowest BCUT2D eigenvalue weighted by Gasteiger charge is -2.21. The molecule has 0 aliphatic rings. The molecule has 0 unspecified atom stereocenters. The molecule has 0 aromatic heterocycles. The molecule has 5 nitrogen and oxygen atoms in total. The van der Waals surface area contributed by atoms with Crippen molar-refractivity contribution in [2.75, 3.05) is 18.4 Å². The summed E-state index contributed by atoms with van der Waals surface area (Å²) in [5.74, 6) is -5.52. The molecular formula is C19H21F3N2O3S. The molecule has 2 aromatic carbocycles. The molecule has 2 rings (SSSR count). The number of carbonyl (C=O) groups is 1. The second-order valence-corrected chi connectivity index (χ2v) is 8.05. The second-order valence-electron chi connectivity index (χ2n) is 6.11. The van der Waals surface area contributed by atoms with E-state index >= 15 is 0 Å². The highest BCUT2D eigenvalue weighted by molar-refractivity contribution is 7.89. The number of hydrogen-bond acceptors (Lipinski definition) is 3. The van der Waals surface area contributed by atoms with Crippen LogP contribution in [0.2, 0.25) is 0 Å². The van der Waals surface area contributed by atoms with E-state index in [0.29, 0.717) is 12.5 Å². The summed E-state index contributed by atoms with van der Waals surface area (Å²) in [6.45, 7) is 3.15. The van der Waals surface area contributed by atoms with E-state index in [1.165, 1.54) is 12.1 Å². The molecule has 0 heterocycles. The van der Waals surface area contributed by atoms with Crippen LogP contribution < -0.4 is 5.32 Å². The number of rotatable bonds is 8. The van der Waals surface area contributed by atoms with E-state index in [1.54, 1.807) is 19.1 Å².